The van der Waals surface area contributed by atoms with Gasteiger partial charge in [0, 0.05) is 44.1 Å². The van der Waals surface area contributed by atoms with Gasteiger partial charge in [0.25, 0.3) is 0 Å². The lowest BCUT2D eigenvalue weighted by atomic mass is 10.3. The highest BCUT2D eigenvalue weighted by Crippen LogP contribution is 2.33. The number of amides is 1. The number of pyridine rings is 1. The molecule has 0 aliphatic carbocycles. The molecule has 0 saturated carbocycles. The number of carbonyl (C=O) groups excluding carboxylic acids is 1. The fourth-order valence-electron chi connectivity index (χ4n) is 2.70. The van der Waals surface area contributed by atoms with Crippen molar-refractivity contribution in [2.45, 2.75) is 0 Å². The number of nitrogens with zero attached hydrogens (tertiary/aromatic N) is 6. The molecule has 3 aromatic heterocycles. The van der Waals surface area contributed by atoms with Gasteiger partial charge in [-0.1, -0.05) is 11.3 Å². The Labute approximate surface area is 142 Å². The Balaban J connectivity index is 1.75. The zero-order valence-corrected chi connectivity index (χ0v) is 13.6. The van der Waals surface area contributed by atoms with Gasteiger partial charge in [0.05, 0.1) is 0 Å². The predicted molar refractivity (Wildman–Crippen MR) is 92.7 cm³/mol. The highest BCUT2D eigenvalue weighted by molar-refractivity contribution is 7.21. The third-order valence-corrected chi connectivity index (χ3v) is 4.93. The largest absolute Gasteiger partial charge is 0.368 e. The second-order valence-corrected chi connectivity index (χ2v) is 6.43. The molecule has 0 aromatic carbocycles. The lowest BCUT2D eigenvalue weighted by molar-refractivity contribution is -0.118. The van der Waals surface area contributed by atoms with E-state index in [1.165, 1.54) is 11.3 Å². The number of hydrogen-bond acceptors (Lipinski definition) is 8. The van der Waals surface area contributed by atoms with Gasteiger partial charge < -0.3 is 15.5 Å². The maximum Gasteiger partial charge on any atom is 0.223 e. The first kappa shape index (κ1) is 14.8. The fourth-order valence-corrected chi connectivity index (χ4v) is 3.63. The first-order valence-electron chi connectivity index (χ1n) is 7.53. The monoisotopic (exact) mass is 341 g/mol. The fraction of sp³-hybridized carbons (Fsp3) is 0.267. The molecular weight excluding hydrogens is 326 g/mol. The quantitative estimate of drug-likeness (QED) is 0.709. The number of anilines is 2. The number of rotatable bonds is 3. The van der Waals surface area contributed by atoms with E-state index in [4.69, 9.17) is 10.7 Å². The van der Waals surface area contributed by atoms with Crippen molar-refractivity contribution in [3.05, 3.63) is 24.5 Å². The summed E-state index contributed by atoms with van der Waals surface area (Å²) in [5.74, 6) is 0.964. The van der Waals surface area contributed by atoms with Gasteiger partial charge in [-0.15, -0.1) is 0 Å². The van der Waals surface area contributed by atoms with Crippen LogP contribution in [0.25, 0.3) is 20.9 Å². The van der Waals surface area contributed by atoms with Gasteiger partial charge in [0.1, 0.15) is 10.5 Å². The molecule has 8 nitrogen and oxygen atoms in total. The Morgan fingerprint density at radius 2 is 2.00 bits per heavy atom. The molecule has 1 saturated heterocycles. The molecule has 4 rings (SSSR count). The Morgan fingerprint density at radius 1 is 1.17 bits per heavy atom. The van der Waals surface area contributed by atoms with E-state index in [0.717, 1.165) is 33.1 Å². The number of fused-ring (bicyclic) bond motifs is 1. The minimum atomic E-state index is 0.233. The van der Waals surface area contributed by atoms with Crippen LogP contribution in [0.3, 0.4) is 0 Å². The molecule has 1 aliphatic heterocycles. The van der Waals surface area contributed by atoms with Crippen LogP contribution in [0.15, 0.2) is 24.5 Å². The highest BCUT2D eigenvalue weighted by atomic mass is 32.1. The van der Waals surface area contributed by atoms with E-state index in [1.54, 1.807) is 17.3 Å². The number of thiazole rings is 1. The molecule has 0 bridgehead atoms. The molecule has 24 heavy (non-hydrogen) atoms. The lowest BCUT2D eigenvalue weighted by Crippen LogP contribution is -2.46. The van der Waals surface area contributed by atoms with Crippen LogP contribution in [0.2, 0.25) is 0 Å². The van der Waals surface area contributed by atoms with Gasteiger partial charge >= 0.3 is 0 Å². The van der Waals surface area contributed by atoms with Gasteiger partial charge in [0.2, 0.25) is 12.4 Å². The molecule has 2 N–H and O–H groups in total. The normalized spacial score (nSPS) is 15.0. The smallest absolute Gasteiger partial charge is 0.223 e. The topological polar surface area (TPSA) is 101 Å². The van der Waals surface area contributed by atoms with Gasteiger partial charge in [-0.05, 0) is 12.1 Å². The summed E-state index contributed by atoms with van der Waals surface area (Å²) in [5, 5.41) is 0.839. The van der Waals surface area contributed by atoms with Gasteiger partial charge in [-0.25, -0.2) is 9.97 Å². The van der Waals surface area contributed by atoms with Crippen LogP contribution in [-0.4, -0.2) is 57.4 Å². The summed E-state index contributed by atoms with van der Waals surface area (Å²) in [7, 11) is 0. The number of carbonyl (C=O) groups is 1. The summed E-state index contributed by atoms with van der Waals surface area (Å²) in [5.41, 5.74) is 7.57. The summed E-state index contributed by atoms with van der Waals surface area (Å²) in [4.78, 5) is 33.1. The summed E-state index contributed by atoms with van der Waals surface area (Å²) in [6.07, 6.45) is 4.38. The average Bonchev–Trinajstić information content (AvgIpc) is 3.06. The summed E-state index contributed by atoms with van der Waals surface area (Å²) in [6.45, 7) is 2.72. The van der Waals surface area contributed by atoms with Crippen molar-refractivity contribution in [2.75, 3.05) is 36.8 Å². The van der Waals surface area contributed by atoms with Gasteiger partial charge in [0.15, 0.2) is 10.6 Å². The zero-order chi connectivity index (χ0) is 16.5. The molecule has 1 fully saturated rings. The van der Waals surface area contributed by atoms with E-state index in [2.05, 4.69) is 19.9 Å². The molecule has 9 heteroatoms. The van der Waals surface area contributed by atoms with E-state index >= 15 is 0 Å². The predicted octanol–water partition coefficient (Wildman–Crippen LogP) is 1.01. The Kier molecular flexibility index (Phi) is 3.69. The molecule has 1 amide bonds. The van der Waals surface area contributed by atoms with Gasteiger partial charge in [-0.3, -0.25) is 9.78 Å². The SMILES string of the molecule is Nc1nc(N2CCN(C=O)CC2)c2nc(-c3cccnc3)sc2n1. The van der Waals surface area contributed by atoms with E-state index < -0.39 is 0 Å². The van der Waals surface area contributed by atoms with Crippen molar-refractivity contribution in [2.24, 2.45) is 0 Å². The van der Waals surface area contributed by atoms with Crippen LogP contribution in [-0.2, 0) is 4.79 Å². The van der Waals surface area contributed by atoms with E-state index in [0.29, 0.717) is 26.2 Å². The number of nitrogen functional groups attached to an aromatic ring is 1. The molecule has 3 aromatic rings. The third-order valence-electron chi connectivity index (χ3n) is 3.93. The van der Waals surface area contributed by atoms with Crippen LogP contribution in [0.5, 0.6) is 0 Å². The lowest BCUT2D eigenvalue weighted by Gasteiger charge is -2.33. The number of hydrogen-bond donors (Lipinski definition) is 1. The number of piperazine rings is 1. The minimum absolute atomic E-state index is 0.233. The van der Waals surface area contributed by atoms with Crippen LogP contribution in [0, 0.1) is 0 Å². The first-order valence-corrected chi connectivity index (χ1v) is 8.35. The third kappa shape index (κ3) is 2.62. The highest BCUT2D eigenvalue weighted by Gasteiger charge is 2.22. The Hall–Kier alpha value is -2.81. The van der Waals surface area contributed by atoms with Crippen LogP contribution in [0.1, 0.15) is 0 Å². The van der Waals surface area contributed by atoms with E-state index in [1.807, 2.05) is 12.1 Å². The van der Waals surface area contributed by atoms with Crippen molar-refractivity contribution in [3.8, 4) is 10.6 Å². The average molecular weight is 341 g/mol. The maximum atomic E-state index is 10.9. The van der Waals surface area contributed by atoms with E-state index in [9.17, 15) is 4.79 Å². The molecule has 122 valence electrons. The molecule has 0 spiro atoms. The van der Waals surface area contributed by atoms with Crippen LogP contribution in [0.4, 0.5) is 11.8 Å². The molecule has 4 heterocycles. The van der Waals surface area contributed by atoms with Crippen LogP contribution < -0.4 is 10.6 Å². The standard InChI is InChI=1S/C15H15N7OS/c16-15-19-12(22-6-4-21(9-23)5-7-22)11-14(20-15)24-13(18-11)10-2-1-3-17-8-10/h1-3,8-9H,4-7H2,(H2,16,19,20). The molecular formula is C15H15N7OS. The first-order chi connectivity index (χ1) is 11.7. The van der Waals surface area contributed by atoms with E-state index in [-0.39, 0.29) is 5.95 Å². The number of aromatic nitrogens is 4. The maximum absolute atomic E-state index is 10.9. The summed E-state index contributed by atoms with van der Waals surface area (Å²) in [6, 6.07) is 3.84. The van der Waals surface area contributed by atoms with Crippen molar-refractivity contribution in [1.29, 1.82) is 0 Å². The zero-order valence-electron chi connectivity index (χ0n) is 12.8. The molecule has 0 unspecified atom stereocenters. The number of nitrogens with two attached hydrogens (primary N) is 1. The second-order valence-electron chi connectivity index (χ2n) is 5.45. The Morgan fingerprint density at radius 3 is 2.71 bits per heavy atom. The van der Waals surface area contributed by atoms with Crippen molar-refractivity contribution >= 4 is 39.9 Å². The molecule has 0 atom stereocenters. The van der Waals surface area contributed by atoms with Gasteiger partial charge in [-0.2, -0.15) is 4.98 Å². The second kappa shape index (κ2) is 6.00. The summed E-state index contributed by atoms with van der Waals surface area (Å²) < 4.78 is 0. The summed E-state index contributed by atoms with van der Waals surface area (Å²) >= 11 is 1.47. The van der Waals surface area contributed by atoms with Crippen molar-refractivity contribution in [3.63, 3.8) is 0 Å². The van der Waals surface area contributed by atoms with Crippen molar-refractivity contribution in [1.82, 2.24) is 24.8 Å². The van der Waals surface area contributed by atoms with Crippen molar-refractivity contribution < 1.29 is 4.79 Å². The minimum Gasteiger partial charge on any atom is -0.368 e. The molecule has 1 aliphatic rings. The Bertz CT molecular complexity index is 874. The molecule has 0 radical (unpaired) electrons. The van der Waals surface area contributed by atoms with Crippen LogP contribution >= 0.6 is 11.3 Å².